The van der Waals surface area contributed by atoms with Crippen LogP contribution in [0, 0.1) is 13.8 Å². The lowest BCUT2D eigenvalue weighted by Gasteiger charge is -2.34. The zero-order valence-electron chi connectivity index (χ0n) is 9.38. The molecule has 0 spiro atoms. The summed E-state index contributed by atoms with van der Waals surface area (Å²) in [5.41, 5.74) is 0. The molecule has 1 aliphatic rings. The highest BCUT2D eigenvalue weighted by Crippen LogP contribution is 2.04. The van der Waals surface area contributed by atoms with Crippen LogP contribution in [0.4, 0.5) is 0 Å². The monoisotopic (exact) mass is 196 g/mol. The van der Waals surface area contributed by atoms with Gasteiger partial charge in [-0.2, -0.15) is 0 Å². The minimum Gasteiger partial charge on any atom is -0.301 e. The Hall–Kier alpha value is -0.0800. The van der Waals surface area contributed by atoms with Crippen molar-refractivity contribution in [3.05, 3.63) is 13.8 Å². The summed E-state index contributed by atoms with van der Waals surface area (Å²) in [5.74, 6) is 0. The van der Waals surface area contributed by atoms with Gasteiger partial charge in [0, 0.05) is 26.2 Å². The van der Waals surface area contributed by atoms with E-state index in [1.165, 1.54) is 52.1 Å². The fraction of sp³-hybridized carbons (Fsp3) is 0.833. The van der Waals surface area contributed by atoms with Crippen LogP contribution >= 0.6 is 0 Å². The second-order valence-corrected chi connectivity index (χ2v) is 4.10. The third kappa shape index (κ3) is 4.43. The summed E-state index contributed by atoms with van der Waals surface area (Å²) < 4.78 is 0. The zero-order chi connectivity index (χ0) is 10.2. The van der Waals surface area contributed by atoms with Crippen LogP contribution < -0.4 is 0 Å². The van der Waals surface area contributed by atoms with Crippen LogP contribution in [0.5, 0.6) is 0 Å². The second-order valence-electron chi connectivity index (χ2n) is 4.10. The average molecular weight is 196 g/mol. The molecule has 0 atom stereocenters. The molecule has 1 saturated heterocycles. The first-order chi connectivity index (χ1) is 6.86. The maximum Gasteiger partial charge on any atom is 0.0110 e. The van der Waals surface area contributed by atoms with Gasteiger partial charge in [-0.25, -0.2) is 0 Å². The minimum absolute atomic E-state index is 1.07. The highest BCUT2D eigenvalue weighted by molar-refractivity contribution is 4.71. The Morgan fingerprint density at radius 3 is 1.36 bits per heavy atom. The summed E-state index contributed by atoms with van der Waals surface area (Å²) in [6.45, 7) is 15.2. The van der Waals surface area contributed by atoms with Crippen LogP contribution in [0.2, 0.25) is 0 Å². The lowest BCUT2D eigenvalue weighted by atomic mass is 10.2. The van der Waals surface area contributed by atoms with Crippen molar-refractivity contribution < 1.29 is 0 Å². The van der Waals surface area contributed by atoms with Crippen molar-refractivity contribution in [1.82, 2.24) is 9.80 Å². The van der Waals surface area contributed by atoms with Gasteiger partial charge >= 0.3 is 0 Å². The fourth-order valence-corrected chi connectivity index (χ4v) is 1.91. The average Bonchev–Trinajstić information content (AvgIpc) is 2.25. The molecule has 0 saturated carbocycles. The number of hydrogen-bond acceptors (Lipinski definition) is 2. The van der Waals surface area contributed by atoms with Crippen molar-refractivity contribution in [2.45, 2.75) is 25.7 Å². The molecule has 0 N–H and O–H groups in total. The van der Waals surface area contributed by atoms with Gasteiger partial charge in [-0.05, 0) is 25.9 Å². The van der Waals surface area contributed by atoms with E-state index < -0.39 is 0 Å². The zero-order valence-corrected chi connectivity index (χ0v) is 9.38. The van der Waals surface area contributed by atoms with E-state index in [4.69, 9.17) is 0 Å². The van der Waals surface area contributed by atoms with Crippen LogP contribution in [0.25, 0.3) is 0 Å². The van der Waals surface area contributed by atoms with Crippen molar-refractivity contribution >= 4 is 0 Å². The molecule has 2 nitrogen and oxygen atoms in total. The first kappa shape index (κ1) is 12.0. The number of rotatable bonds is 6. The first-order valence-corrected chi connectivity index (χ1v) is 5.90. The maximum absolute atomic E-state index is 3.88. The first-order valence-electron chi connectivity index (χ1n) is 5.90. The molecule has 0 amide bonds. The molecular weight excluding hydrogens is 172 g/mol. The summed E-state index contributed by atoms with van der Waals surface area (Å²) in [6, 6.07) is 0. The molecule has 0 aromatic heterocycles. The Morgan fingerprint density at radius 2 is 1.07 bits per heavy atom. The van der Waals surface area contributed by atoms with Gasteiger partial charge in [0.25, 0.3) is 0 Å². The van der Waals surface area contributed by atoms with Gasteiger partial charge in [0.2, 0.25) is 0 Å². The molecular formula is C12H24N2. The van der Waals surface area contributed by atoms with E-state index in [2.05, 4.69) is 23.6 Å². The standard InChI is InChI=1S/C12H24N2/c1-3-5-7-13-9-11-14(12-10-13)8-6-4-2/h1-12H2. The van der Waals surface area contributed by atoms with E-state index in [-0.39, 0.29) is 0 Å². The molecule has 0 unspecified atom stereocenters. The molecule has 0 aromatic rings. The topological polar surface area (TPSA) is 6.48 Å². The number of nitrogens with zero attached hydrogens (tertiary/aromatic N) is 2. The Balaban J connectivity index is 2.05. The lowest BCUT2D eigenvalue weighted by molar-refractivity contribution is 0.131. The van der Waals surface area contributed by atoms with Crippen LogP contribution in [-0.4, -0.2) is 49.1 Å². The van der Waals surface area contributed by atoms with Crippen LogP contribution in [-0.2, 0) is 0 Å². The van der Waals surface area contributed by atoms with Crippen LogP contribution in [0.15, 0.2) is 0 Å². The van der Waals surface area contributed by atoms with Gasteiger partial charge in [-0.1, -0.05) is 26.7 Å². The lowest BCUT2D eigenvalue weighted by Crippen LogP contribution is -2.46. The molecule has 1 rings (SSSR count). The quantitative estimate of drug-likeness (QED) is 0.639. The minimum atomic E-state index is 1.07. The maximum atomic E-state index is 3.88. The molecule has 2 radical (unpaired) electrons. The van der Waals surface area contributed by atoms with Crippen molar-refractivity contribution in [3.8, 4) is 0 Å². The van der Waals surface area contributed by atoms with Crippen molar-refractivity contribution in [3.63, 3.8) is 0 Å². The van der Waals surface area contributed by atoms with E-state index in [9.17, 15) is 0 Å². The summed E-state index contributed by atoms with van der Waals surface area (Å²) in [6.07, 6.45) is 4.64. The van der Waals surface area contributed by atoms with E-state index in [1.54, 1.807) is 0 Å². The number of unbranched alkanes of at least 4 members (excludes halogenated alkanes) is 2. The summed E-state index contributed by atoms with van der Waals surface area (Å²) in [4.78, 5) is 5.12. The second kappa shape index (κ2) is 7.24. The third-order valence-electron chi connectivity index (χ3n) is 2.91. The van der Waals surface area contributed by atoms with E-state index in [0.29, 0.717) is 0 Å². The van der Waals surface area contributed by atoms with E-state index >= 15 is 0 Å². The Kier molecular flexibility index (Phi) is 6.20. The Bertz CT molecular complexity index is 112. The summed E-state index contributed by atoms with van der Waals surface area (Å²) in [7, 11) is 0. The predicted molar refractivity (Wildman–Crippen MR) is 62.1 cm³/mol. The van der Waals surface area contributed by atoms with E-state index in [0.717, 1.165) is 12.8 Å². The summed E-state index contributed by atoms with van der Waals surface area (Å²) >= 11 is 0. The molecule has 82 valence electrons. The van der Waals surface area contributed by atoms with Crippen LogP contribution in [0.3, 0.4) is 0 Å². The predicted octanol–water partition coefficient (Wildman–Crippen LogP) is 1.83. The number of piperazine rings is 1. The van der Waals surface area contributed by atoms with Gasteiger partial charge in [0.15, 0.2) is 0 Å². The van der Waals surface area contributed by atoms with E-state index in [1.807, 2.05) is 0 Å². The smallest absolute Gasteiger partial charge is 0.0110 e. The van der Waals surface area contributed by atoms with Crippen molar-refractivity contribution in [1.29, 1.82) is 0 Å². The van der Waals surface area contributed by atoms with Gasteiger partial charge in [0.1, 0.15) is 0 Å². The molecule has 1 aliphatic heterocycles. The normalized spacial score (nSPS) is 20.1. The van der Waals surface area contributed by atoms with Crippen molar-refractivity contribution in [2.24, 2.45) is 0 Å². The van der Waals surface area contributed by atoms with Gasteiger partial charge in [-0.15, -0.1) is 0 Å². The molecule has 1 fully saturated rings. The molecule has 0 aromatic carbocycles. The largest absolute Gasteiger partial charge is 0.301 e. The Morgan fingerprint density at radius 1 is 0.714 bits per heavy atom. The third-order valence-corrected chi connectivity index (χ3v) is 2.91. The molecule has 0 aliphatic carbocycles. The molecule has 0 bridgehead atoms. The van der Waals surface area contributed by atoms with Gasteiger partial charge in [0.05, 0.1) is 0 Å². The van der Waals surface area contributed by atoms with Gasteiger partial charge < -0.3 is 9.80 Å². The van der Waals surface area contributed by atoms with Crippen molar-refractivity contribution in [2.75, 3.05) is 39.3 Å². The molecule has 1 heterocycles. The fourth-order valence-electron chi connectivity index (χ4n) is 1.91. The van der Waals surface area contributed by atoms with Gasteiger partial charge in [-0.3, -0.25) is 0 Å². The summed E-state index contributed by atoms with van der Waals surface area (Å²) in [5, 5.41) is 0. The highest BCUT2D eigenvalue weighted by atomic mass is 15.3. The molecule has 14 heavy (non-hydrogen) atoms. The SMILES string of the molecule is [CH2]CCCN1CCN(CCC[CH2])CC1. The highest BCUT2D eigenvalue weighted by Gasteiger charge is 2.14. The molecule has 2 heteroatoms. The van der Waals surface area contributed by atoms with Crippen LogP contribution in [0.1, 0.15) is 25.7 Å². The Labute approximate surface area is 89.3 Å². The number of hydrogen-bond donors (Lipinski definition) is 0.